The Bertz CT molecular complexity index is 238. The van der Waals surface area contributed by atoms with Crippen LogP contribution in [0, 0.1) is 0 Å². The summed E-state index contributed by atoms with van der Waals surface area (Å²) >= 11 is 0. The van der Waals surface area contributed by atoms with Gasteiger partial charge in [0.2, 0.25) is 0 Å². The number of rotatable bonds is 4. The molecule has 2 fully saturated rings. The summed E-state index contributed by atoms with van der Waals surface area (Å²) in [5.41, 5.74) is 0. The van der Waals surface area contributed by atoms with E-state index in [1.165, 1.54) is 51.4 Å². The maximum absolute atomic E-state index is 12.6. The van der Waals surface area contributed by atoms with Crippen molar-refractivity contribution >= 4 is 10.8 Å². The standard InChI is InChI=1S/C13H25NOS/c1-2-14-12-9-6-10-13(12)16(15)11-7-4-3-5-8-11/h11-14H,2-10H2,1H3. The van der Waals surface area contributed by atoms with Gasteiger partial charge in [0, 0.05) is 22.1 Å². The predicted octanol–water partition coefficient (Wildman–Crippen LogP) is 2.60. The van der Waals surface area contributed by atoms with Crippen LogP contribution in [0.5, 0.6) is 0 Å². The summed E-state index contributed by atoms with van der Waals surface area (Å²) in [5, 5.41) is 4.48. The Kier molecular flexibility index (Phi) is 4.83. The zero-order valence-electron chi connectivity index (χ0n) is 10.4. The molecule has 1 N–H and O–H groups in total. The smallest absolute Gasteiger partial charge is 0.0504 e. The first-order chi connectivity index (χ1) is 7.83. The van der Waals surface area contributed by atoms with E-state index in [-0.39, 0.29) is 0 Å². The number of hydrogen-bond acceptors (Lipinski definition) is 2. The Labute approximate surface area is 102 Å². The third-order valence-electron chi connectivity index (χ3n) is 4.10. The molecule has 3 atom stereocenters. The lowest BCUT2D eigenvalue weighted by Crippen LogP contribution is -2.41. The molecule has 0 amide bonds. The zero-order chi connectivity index (χ0) is 11.4. The lowest BCUT2D eigenvalue weighted by atomic mass is 10.0. The molecule has 3 unspecified atom stereocenters. The second-order valence-electron chi connectivity index (χ2n) is 5.22. The van der Waals surface area contributed by atoms with Gasteiger partial charge >= 0.3 is 0 Å². The zero-order valence-corrected chi connectivity index (χ0v) is 11.2. The van der Waals surface area contributed by atoms with Gasteiger partial charge in [-0.2, -0.15) is 0 Å². The molecule has 2 rings (SSSR count). The van der Waals surface area contributed by atoms with Crippen molar-refractivity contribution in [2.75, 3.05) is 6.54 Å². The summed E-state index contributed by atoms with van der Waals surface area (Å²) in [7, 11) is -0.576. The Morgan fingerprint density at radius 1 is 1.06 bits per heavy atom. The first-order valence-electron chi connectivity index (χ1n) is 6.95. The molecule has 2 nitrogen and oxygen atoms in total. The van der Waals surface area contributed by atoms with E-state index >= 15 is 0 Å². The summed E-state index contributed by atoms with van der Waals surface area (Å²) in [6.45, 7) is 3.17. The topological polar surface area (TPSA) is 29.1 Å². The normalized spacial score (nSPS) is 34.1. The molecule has 0 radical (unpaired) electrons. The third-order valence-corrected chi connectivity index (χ3v) is 6.39. The Morgan fingerprint density at radius 2 is 1.81 bits per heavy atom. The summed E-state index contributed by atoms with van der Waals surface area (Å²) in [4.78, 5) is 0. The molecule has 0 saturated heterocycles. The second kappa shape index (κ2) is 6.15. The highest BCUT2D eigenvalue weighted by atomic mass is 32.2. The van der Waals surface area contributed by atoms with Gasteiger partial charge in [0.05, 0.1) is 5.25 Å². The van der Waals surface area contributed by atoms with Crippen molar-refractivity contribution in [3.63, 3.8) is 0 Å². The lowest BCUT2D eigenvalue weighted by molar-refractivity contribution is 0.492. The van der Waals surface area contributed by atoms with Crippen molar-refractivity contribution < 1.29 is 4.21 Å². The fourth-order valence-electron chi connectivity index (χ4n) is 3.24. The van der Waals surface area contributed by atoms with Crippen LogP contribution < -0.4 is 5.32 Å². The van der Waals surface area contributed by atoms with Crippen LogP contribution >= 0.6 is 0 Å². The second-order valence-corrected chi connectivity index (χ2v) is 7.15. The highest BCUT2D eigenvalue weighted by Gasteiger charge is 2.35. The van der Waals surface area contributed by atoms with Crippen molar-refractivity contribution in [2.24, 2.45) is 0 Å². The van der Waals surface area contributed by atoms with Gasteiger partial charge in [0.25, 0.3) is 0 Å². The van der Waals surface area contributed by atoms with Gasteiger partial charge in [0.15, 0.2) is 0 Å². The van der Waals surface area contributed by atoms with Crippen molar-refractivity contribution in [3.8, 4) is 0 Å². The monoisotopic (exact) mass is 243 g/mol. The summed E-state index contributed by atoms with van der Waals surface area (Å²) < 4.78 is 12.6. The van der Waals surface area contributed by atoms with E-state index in [1.807, 2.05) is 0 Å². The highest BCUT2D eigenvalue weighted by Crippen LogP contribution is 2.30. The first kappa shape index (κ1) is 12.6. The van der Waals surface area contributed by atoms with Crippen molar-refractivity contribution in [1.29, 1.82) is 0 Å². The molecule has 0 heterocycles. The maximum Gasteiger partial charge on any atom is 0.0504 e. The van der Waals surface area contributed by atoms with Gasteiger partial charge in [0.1, 0.15) is 0 Å². The fraction of sp³-hybridized carbons (Fsp3) is 1.00. The van der Waals surface area contributed by atoms with Crippen LogP contribution in [0.3, 0.4) is 0 Å². The van der Waals surface area contributed by atoms with Crippen molar-refractivity contribution in [2.45, 2.75) is 74.8 Å². The van der Waals surface area contributed by atoms with E-state index in [4.69, 9.17) is 0 Å². The molecule has 16 heavy (non-hydrogen) atoms. The van der Waals surface area contributed by atoms with Crippen LogP contribution in [0.1, 0.15) is 58.3 Å². The van der Waals surface area contributed by atoms with Gasteiger partial charge < -0.3 is 5.32 Å². The minimum atomic E-state index is -0.576. The minimum absolute atomic E-state index is 0.447. The van der Waals surface area contributed by atoms with Gasteiger partial charge in [-0.15, -0.1) is 0 Å². The average molecular weight is 243 g/mol. The quantitative estimate of drug-likeness (QED) is 0.822. The molecule has 0 spiro atoms. The SMILES string of the molecule is CCNC1CCCC1S(=O)C1CCCCC1. The van der Waals surface area contributed by atoms with Crippen LogP contribution in [0.2, 0.25) is 0 Å². The molecule has 0 aromatic heterocycles. The van der Waals surface area contributed by atoms with Crippen LogP contribution in [0.4, 0.5) is 0 Å². The average Bonchev–Trinajstić information content (AvgIpc) is 2.78. The predicted molar refractivity (Wildman–Crippen MR) is 70.1 cm³/mol. The molecule has 94 valence electrons. The summed E-state index contributed by atoms with van der Waals surface area (Å²) in [6, 6.07) is 0.535. The van der Waals surface area contributed by atoms with E-state index in [2.05, 4.69) is 12.2 Å². The van der Waals surface area contributed by atoms with Crippen molar-refractivity contribution in [3.05, 3.63) is 0 Å². The maximum atomic E-state index is 12.6. The van der Waals surface area contributed by atoms with Crippen molar-refractivity contribution in [1.82, 2.24) is 5.32 Å². The van der Waals surface area contributed by atoms with Crippen LogP contribution in [-0.4, -0.2) is 27.3 Å². The van der Waals surface area contributed by atoms with E-state index in [1.54, 1.807) is 0 Å². The Balaban J connectivity index is 1.91. The molecule has 3 heteroatoms. The first-order valence-corrected chi connectivity index (χ1v) is 8.23. The van der Waals surface area contributed by atoms with E-state index in [0.717, 1.165) is 6.54 Å². The molecule has 2 aliphatic carbocycles. The van der Waals surface area contributed by atoms with Crippen LogP contribution in [-0.2, 0) is 10.8 Å². The summed E-state index contributed by atoms with van der Waals surface area (Å²) in [6.07, 6.45) is 10.1. The fourth-order valence-corrected chi connectivity index (χ4v) is 5.49. The molecule has 0 aromatic rings. The summed E-state index contributed by atoms with van der Waals surface area (Å²) in [5.74, 6) is 0. The van der Waals surface area contributed by atoms with Gasteiger partial charge in [-0.1, -0.05) is 32.6 Å². The Hall–Kier alpha value is 0.110. The van der Waals surface area contributed by atoms with Gasteiger partial charge in [-0.05, 0) is 32.2 Å². The molecular formula is C13H25NOS. The molecule has 2 aliphatic rings. The molecule has 0 aromatic carbocycles. The molecule has 0 aliphatic heterocycles. The lowest BCUT2D eigenvalue weighted by Gasteiger charge is -2.27. The van der Waals surface area contributed by atoms with E-state index in [9.17, 15) is 4.21 Å². The van der Waals surface area contributed by atoms with Gasteiger partial charge in [-0.3, -0.25) is 4.21 Å². The minimum Gasteiger partial charge on any atom is -0.313 e. The Morgan fingerprint density at radius 3 is 2.50 bits per heavy atom. The molecular weight excluding hydrogens is 218 g/mol. The van der Waals surface area contributed by atoms with Crippen LogP contribution in [0.25, 0.3) is 0 Å². The molecule has 2 saturated carbocycles. The van der Waals surface area contributed by atoms with Gasteiger partial charge in [-0.25, -0.2) is 0 Å². The largest absolute Gasteiger partial charge is 0.313 e. The third kappa shape index (κ3) is 2.86. The number of nitrogens with one attached hydrogen (secondary N) is 1. The van der Waals surface area contributed by atoms with E-state index < -0.39 is 10.8 Å². The number of hydrogen-bond donors (Lipinski definition) is 1. The van der Waals surface area contributed by atoms with E-state index in [0.29, 0.717) is 16.5 Å². The van der Waals surface area contributed by atoms with Crippen LogP contribution in [0.15, 0.2) is 0 Å². The highest BCUT2D eigenvalue weighted by molar-refractivity contribution is 7.86. The molecule has 0 bridgehead atoms.